The Labute approximate surface area is 128 Å². The second-order valence-corrected chi connectivity index (χ2v) is 5.23. The molecule has 3 aromatic rings. The summed E-state index contributed by atoms with van der Waals surface area (Å²) in [5, 5.41) is 13.4. The number of hydrogen-bond acceptors (Lipinski definition) is 2. The highest BCUT2D eigenvalue weighted by Gasteiger charge is 2.20. The third-order valence-electron chi connectivity index (χ3n) is 3.62. The fraction of sp³-hybridized carbons (Fsp3) is 0.111. The van der Waals surface area contributed by atoms with E-state index in [0.717, 1.165) is 16.3 Å². The predicted octanol–water partition coefficient (Wildman–Crippen LogP) is 4.58. The molecule has 0 aliphatic heterocycles. The number of benzene rings is 3. The summed E-state index contributed by atoms with van der Waals surface area (Å²) in [5.74, 6) is 0.654. The minimum Gasteiger partial charge on any atom is -0.496 e. The SMILES string of the molecule is COc1ccc2ccccc2c1C(O)c1ccccc1Cl. The summed E-state index contributed by atoms with van der Waals surface area (Å²) < 4.78 is 5.43. The first-order valence-electron chi connectivity index (χ1n) is 6.70. The molecule has 0 saturated heterocycles. The summed E-state index contributed by atoms with van der Waals surface area (Å²) >= 11 is 6.21. The van der Waals surface area contributed by atoms with E-state index in [4.69, 9.17) is 16.3 Å². The average Bonchev–Trinajstić information content (AvgIpc) is 2.53. The van der Waals surface area contributed by atoms with Crippen molar-refractivity contribution < 1.29 is 9.84 Å². The molecule has 0 radical (unpaired) electrons. The van der Waals surface area contributed by atoms with Crippen LogP contribution < -0.4 is 4.74 Å². The number of aliphatic hydroxyl groups is 1. The molecule has 0 fully saturated rings. The maximum atomic E-state index is 10.8. The molecule has 1 unspecified atom stereocenters. The van der Waals surface area contributed by atoms with Gasteiger partial charge in [-0.1, -0.05) is 60.1 Å². The fourth-order valence-electron chi connectivity index (χ4n) is 2.59. The van der Waals surface area contributed by atoms with E-state index in [-0.39, 0.29) is 0 Å². The molecule has 106 valence electrons. The van der Waals surface area contributed by atoms with Crippen molar-refractivity contribution in [3.05, 3.63) is 76.8 Å². The lowest BCUT2D eigenvalue weighted by atomic mass is 9.95. The van der Waals surface area contributed by atoms with E-state index < -0.39 is 6.10 Å². The van der Waals surface area contributed by atoms with Gasteiger partial charge >= 0.3 is 0 Å². The molecule has 1 N–H and O–H groups in total. The largest absolute Gasteiger partial charge is 0.496 e. The molecule has 21 heavy (non-hydrogen) atoms. The number of methoxy groups -OCH3 is 1. The molecule has 0 aliphatic rings. The van der Waals surface area contributed by atoms with Gasteiger partial charge in [0.05, 0.1) is 7.11 Å². The minimum atomic E-state index is -0.834. The molecule has 0 heterocycles. The Bertz CT molecular complexity index is 783. The van der Waals surface area contributed by atoms with Gasteiger partial charge in [0.1, 0.15) is 11.9 Å². The zero-order valence-corrected chi connectivity index (χ0v) is 12.3. The van der Waals surface area contributed by atoms with Crippen LogP contribution in [0.5, 0.6) is 5.75 Å². The van der Waals surface area contributed by atoms with Gasteiger partial charge in [0.15, 0.2) is 0 Å². The van der Waals surface area contributed by atoms with Crippen LogP contribution in [0.2, 0.25) is 5.02 Å². The Hall–Kier alpha value is -2.03. The van der Waals surface area contributed by atoms with Gasteiger partial charge in [-0.3, -0.25) is 0 Å². The summed E-state index contributed by atoms with van der Waals surface area (Å²) in [6.07, 6.45) is -0.834. The second-order valence-electron chi connectivity index (χ2n) is 4.83. The van der Waals surface area contributed by atoms with Crippen LogP contribution in [-0.4, -0.2) is 12.2 Å². The zero-order valence-electron chi connectivity index (χ0n) is 11.6. The summed E-state index contributed by atoms with van der Waals surface area (Å²) in [6.45, 7) is 0. The lowest BCUT2D eigenvalue weighted by molar-refractivity contribution is 0.216. The highest BCUT2D eigenvalue weighted by molar-refractivity contribution is 6.31. The lowest BCUT2D eigenvalue weighted by Crippen LogP contribution is -2.04. The van der Waals surface area contributed by atoms with Crippen LogP contribution in [-0.2, 0) is 0 Å². The number of fused-ring (bicyclic) bond motifs is 1. The van der Waals surface area contributed by atoms with Gasteiger partial charge in [0.25, 0.3) is 0 Å². The first kappa shape index (κ1) is 13.9. The molecule has 0 bridgehead atoms. The van der Waals surface area contributed by atoms with Crippen molar-refractivity contribution in [2.45, 2.75) is 6.10 Å². The quantitative estimate of drug-likeness (QED) is 0.766. The van der Waals surface area contributed by atoms with Crippen LogP contribution in [0.15, 0.2) is 60.7 Å². The van der Waals surface area contributed by atoms with Gasteiger partial charge in [-0.15, -0.1) is 0 Å². The van der Waals surface area contributed by atoms with Crippen molar-refractivity contribution in [2.75, 3.05) is 7.11 Å². The Morgan fingerprint density at radius 2 is 1.67 bits per heavy atom. The van der Waals surface area contributed by atoms with E-state index in [1.165, 1.54) is 0 Å². The van der Waals surface area contributed by atoms with Crippen molar-refractivity contribution in [1.29, 1.82) is 0 Å². The molecule has 0 aromatic heterocycles. The van der Waals surface area contributed by atoms with Gasteiger partial charge < -0.3 is 9.84 Å². The monoisotopic (exact) mass is 298 g/mol. The van der Waals surface area contributed by atoms with Gasteiger partial charge in [-0.25, -0.2) is 0 Å². The Morgan fingerprint density at radius 1 is 0.952 bits per heavy atom. The van der Waals surface area contributed by atoms with Crippen LogP contribution in [0, 0.1) is 0 Å². The van der Waals surface area contributed by atoms with E-state index in [2.05, 4.69) is 0 Å². The third kappa shape index (κ3) is 2.48. The van der Waals surface area contributed by atoms with Crippen LogP contribution in [0.4, 0.5) is 0 Å². The number of aliphatic hydroxyl groups excluding tert-OH is 1. The maximum Gasteiger partial charge on any atom is 0.125 e. The Morgan fingerprint density at radius 3 is 2.43 bits per heavy atom. The molecule has 3 rings (SSSR count). The van der Waals surface area contributed by atoms with Crippen LogP contribution in [0.25, 0.3) is 10.8 Å². The summed E-state index contributed by atoms with van der Waals surface area (Å²) in [5.41, 5.74) is 1.41. The van der Waals surface area contributed by atoms with E-state index in [9.17, 15) is 5.11 Å². The maximum absolute atomic E-state index is 10.8. The first-order chi connectivity index (χ1) is 10.2. The molecule has 1 atom stereocenters. The smallest absolute Gasteiger partial charge is 0.125 e. The molecular weight excluding hydrogens is 284 g/mol. The Kier molecular flexibility index (Phi) is 3.82. The predicted molar refractivity (Wildman–Crippen MR) is 86.0 cm³/mol. The highest BCUT2D eigenvalue weighted by atomic mass is 35.5. The number of hydrogen-bond donors (Lipinski definition) is 1. The topological polar surface area (TPSA) is 29.5 Å². The molecule has 0 aliphatic carbocycles. The molecule has 3 heteroatoms. The van der Waals surface area contributed by atoms with E-state index >= 15 is 0 Å². The molecule has 3 aromatic carbocycles. The molecule has 0 spiro atoms. The number of ether oxygens (including phenoxy) is 1. The van der Waals surface area contributed by atoms with E-state index in [1.807, 2.05) is 54.6 Å². The molecule has 2 nitrogen and oxygen atoms in total. The third-order valence-corrected chi connectivity index (χ3v) is 3.97. The van der Waals surface area contributed by atoms with Crippen LogP contribution >= 0.6 is 11.6 Å². The number of halogens is 1. The van der Waals surface area contributed by atoms with Crippen molar-refractivity contribution in [3.8, 4) is 5.75 Å². The lowest BCUT2D eigenvalue weighted by Gasteiger charge is -2.18. The van der Waals surface area contributed by atoms with Crippen molar-refractivity contribution in [2.24, 2.45) is 0 Å². The molecule has 0 amide bonds. The van der Waals surface area contributed by atoms with Crippen LogP contribution in [0.3, 0.4) is 0 Å². The van der Waals surface area contributed by atoms with Crippen molar-refractivity contribution >= 4 is 22.4 Å². The van der Waals surface area contributed by atoms with E-state index in [0.29, 0.717) is 16.3 Å². The van der Waals surface area contributed by atoms with E-state index in [1.54, 1.807) is 13.2 Å². The van der Waals surface area contributed by atoms with Crippen LogP contribution in [0.1, 0.15) is 17.2 Å². The van der Waals surface area contributed by atoms with Crippen molar-refractivity contribution in [3.63, 3.8) is 0 Å². The van der Waals surface area contributed by atoms with Crippen molar-refractivity contribution in [1.82, 2.24) is 0 Å². The summed E-state index contributed by atoms with van der Waals surface area (Å²) in [6, 6.07) is 19.1. The minimum absolute atomic E-state index is 0.542. The standard InChI is InChI=1S/C18H15ClO2/c1-21-16-11-10-12-6-2-3-7-13(12)17(16)18(20)14-8-4-5-9-15(14)19/h2-11,18,20H,1H3. The average molecular weight is 299 g/mol. The molecule has 0 saturated carbocycles. The van der Waals surface area contributed by atoms with Gasteiger partial charge in [-0.05, 0) is 22.9 Å². The molecular formula is C18H15ClO2. The first-order valence-corrected chi connectivity index (χ1v) is 7.08. The summed E-state index contributed by atoms with van der Waals surface area (Å²) in [7, 11) is 1.60. The highest BCUT2D eigenvalue weighted by Crippen LogP contribution is 2.38. The Balaban J connectivity index is 2.25. The van der Waals surface area contributed by atoms with Gasteiger partial charge in [-0.2, -0.15) is 0 Å². The second kappa shape index (κ2) is 5.76. The van der Waals surface area contributed by atoms with Gasteiger partial charge in [0.2, 0.25) is 0 Å². The normalized spacial score (nSPS) is 12.3. The zero-order chi connectivity index (χ0) is 14.8. The fourth-order valence-corrected chi connectivity index (χ4v) is 2.83. The summed E-state index contributed by atoms with van der Waals surface area (Å²) in [4.78, 5) is 0. The number of rotatable bonds is 3. The van der Waals surface area contributed by atoms with Gasteiger partial charge in [0, 0.05) is 16.1 Å².